The number of nitrogens with zero attached hydrogens (tertiary/aromatic N) is 4. The van der Waals surface area contributed by atoms with Gasteiger partial charge in [-0.3, -0.25) is 0 Å². The van der Waals surface area contributed by atoms with Crippen molar-refractivity contribution in [1.29, 1.82) is 0 Å². The first kappa shape index (κ1) is 14.9. The molecule has 5 heteroatoms. The van der Waals surface area contributed by atoms with Gasteiger partial charge in [-0.25, -0.2) is 9.97 Å². The summed E-state index contributed by atoms with van der Waals surface area (Å²) in [6, 6.07) is 2.20. The summed E-state index contributed by atoms with van der Waals surface area (Å²) < 4.78 is 0. The van der Waals surface area contributed by atoms with Crippen molar-refractivity contribution in [3.8, 4) is 0 Å². The first-order chi connectivity index (χ1) is 10.4. The number of aromatic nitrogens is 2. The molecule has 0 bridgehead atoms. The normalized spacial score (nSPS) is 24.0. The molecular weight excluding hydrogens is 280 g/mol. The smallest absolute Gasteiger partial charge is 0.134 e. The van der Waals surface area contributed by atoms with Crippen LogP contribution in [-0.4, -0.2) is 47.7 Å². The van der Waals surface area contributed by atoms with Crippen molar-refractivity contribution >= 4 is 23.4 Å². The van der Waals surface area contributed by atoms with Crippen molar-refractivity contribution in [1.82, 2.24) is 9.97 Å². The molecule has 0 radical (unpaired) electrons. The predicted octanol–water partition coefficient (Wildman–Crippen LogP) is 3.19. The topological polar surface area (TPSA) is 32.3 Å². The molecule has 0 amide bonds. The second-order valence-electron chi connectivity index (χ2n) is 6.08. The lowest BCUT2D eigenvalue weighted by molar-refractivity contribution is 0.573. The molecule has 116 valence electrons. The summed E-state index contributed by atoms with van der Waals surface area (Å²) in [4.78, 5) is 13.9. The molecule has 1 unspecified atom stereocenters. The van der Waals surface area contributed by atoms with E-state index in [0.717, 1.165) is 43.1 Å². The number of hydrogen-bond donors (Lipinski definition) is 0. The summed E-state index contributed by atoms with van der Waals surface area (Å²) >= 11 is 1.99. The van der Waals surface area contributed by atoms with Crippen molar-refractivity contribution in [3.63, 3.8) is 0 Å². The van der Waals surface area contributed by atoms with Crippen molar-refractivity contribution in [3.05, 3.63) is 12.4 Å². The Morgan fingerprint density at radius 1 is 0.952 bits per heavy atom. The van der Waals surface area contributed by atoms with Crippen LogP contribution in [0.1, 0.15) is 38.5 Å². The summed E-state index contributed by atoms with van der Waals surface area (Å²) in [7, 11) is 0. The fourth-order valence-electron chi connectivity index (χ4n) is 3.31. The average Bonchev–Trinajstić information content (AvgIpc) is 2.81. The van der Waals surface area contributed by atoms with E-state index >= 15 is 0 Å². The lowest BCUT2D eigenvalue weighted by Gasteiger charge is -2.29. The van der Waals surface area contributed by atoms with E-state index in [9.17, 15) is 0 Å². The van der Waals surface area contributed by atoms with E-state index in [-0.39, 0.29) is 0 Å². The van der Waals surface area contributed by atoms with Crippen molar-refractivity contribution in [2.24, 2.45) is 0 Å². The second kappa shape index (κ2) is 7.34. The zero-order chi connectivity index (χ0) is 14.5. The number of thioether (sulfide) groups is 1. The zero-order valence-electron chi connectivity index (χ0n) is 13.0. The number of rotatable bonds is 3. The Kier molecular flexibility index (Phi) is 5.22. The molecule has 0 aliphatic carbocycles. The first-order valence-corrected chi connectivity index (χ1v) is 9.50. The van der Waals surface area contributed by atoms with E-state index in [2.05, 4.69) is 32.1 Å². The Labute approximate surface area is 132 Å². The minimum absolute atomic E-state index is 0.737. The molecule has 21 heavy (non-hydrogen) atoms. The summed E-state index contributed by atoms with van der Waals surface area (Å²) in [6.07, 6.45) is 11.9. The van der Waals surface area contributed by atoms with Gasteiger partial charge in [0.25, 0.3) is 0 Å². The monoisotopic (exact) mass is 306 g/mol. The van der Waals surface area contributed by atoms with Gasteiger partial charge < -0.3 is 9.80 Å². The van der Waals surface area contributed by atoms with Crippen molar-refractivity contribution in [2.45, 2.75) is 43.8 Å². The average molecular weight is 306 g/mol. The molecule has 2 fully saturated rings. The molecule has 0 N–H and O–H groups in total. The predicted molar refractivity (Wildman–Crippen MR) is 91.5 cm³/mol. The molecule has 0 spiro atoms. The molecular formula is C16H26N4S. The minimum Gasteiger partial charge on any atom is -0.356 e. The standard InChI is InChI=1S/C16H26N4S/c1-21-14-7-3-6-10-20(12-14)16-11-15(17-13-18-16)19-8-4-2-5-9-19/h11,13-14H,2-10,12H2,1H3. The Hall–Kier alpha value is -0.970. The molecule has 2 aliphatic rings. The number of piperidine rings is 1. The molecule has 4 nitrogen and oxygen atoms in total. The maximum atomic E-state index is 4.55. The number of hydrogen-bond acceptors (Lipinski definition) is 5. The molecule has 3 heterocycles. The third-order valence-electron chi connectivity index (χ3n) is 4.60. The highest BCUT2D eigenvalue weighted by Crippen LogP contribution is 2.26. The summed E-state index contributed by atoms with van der Waals surface area (Å²) in [5.74, 6) is 2.23. The van der Waals surface area contributed by atoms with Crippen LogP contribution in [-0.2, 0) is 0 Å². The van der Waals surface area contributed by atoms with Gasteiger partial charge in [-0.15, -0.1) is 0 Å². The van der Waals surface area contributed by atoms with Gasteiger partial charge in [0, 0.05) is 37.5 Å². The molecule has 1 aromatic heterocycles. The van der Waals surface area contributed by atoms with Gasteiger partial charge in [0.2, 0.25) is 0 Å². The largest absolute Gasteiger partial charge is 0.356 e. The molecule has 1 aromatic rings. The Bertz CT molecular complexity index is 448. The molecule has 0 saturated carbocycles. The molecule has 1 atom stereocenters. The van der Waals surface area contributed by atoms with Crippen molar-refractivity contribution in [2.75, 3.05) is 42.2 Å². The summed E-state index contributed by atoms with van der Waals surface area (Å²) in [5, 5.41) is 0.737. The number of anilines is 2. The van der Waals surface area contributed by atoms with Crippen LogP contribution in [0.15, 0.2) is 12.4 Å². The third-order valence-corrected chi connectivity index (χ3v) is 5.66. The van der Waals surface area contributed by atoms with Crippen LogP contribution in [0.4, 0.5) is 11.6 Å². The third kappa shape index (κ3) is 3.82. The van der Waals surface area contributed by atoms with Crippen LogP contribution in [0.5, 0.6) is 0 Å². The Morgan fingerprint density at radius 2 is 1.62 bits per heavy atom. The quantitative estimate of drug-likeness (QED) is 0.856. The van der Waals surface area contributed by atoms with Gasteiger partial charge in [-0.2, -0.15) is 11.8 Å². The van der Waals surface area contributed by atoms with E-state index in [4.69, 9.17) is 0 Å². The minimum atomic E-state index is 0.737. The van der Waals surface area contributed by atoms with Crippen LogP contribution >= 0.6 is 11.8 Å². The van der Waals surface area contributed by atoms with Gasteiger partial charge in [0.15, 0.2) is 0 Å². The fourth-order valence-corrected chi connectivity index (χ4v) is 4.04. The molecule has 3 rings (SSSR count). The van der Waals surface area contributed by atoms with Gasteiger partial charge in [0.05, 0.1) is 0 Å². The van der Waals surface area contributed by atoms with Crippen LogP contribution in [0.25, 0.3) is 0 Å². The van der Waals surface area contributed by atoms with Gasteiger partial charge in [-0.1, -0.05) is 6.42 Å². The van der Waals surface area contributed by atoms with Crippen LogP contribution in [0.3, 0.4) is 0 Å². The highest BCUT2D eigenvalue weighted by atomic mass is 32.2. The first-order valence-electron chi connectivity index (χ1n) is 8.21. The van der Waals surface area contributed by atoms with Crippen LogP contribution < -0.4 is 9.80 Å². The van der Waals surface area contributed by atoms with E-state index < -0.39 is 0 Å². The summed E-state index contributed by atoms with van der Waals surface area (Å²) in [5.41, 5.74) is 0. The lowest BCUT2D eigenvalue weighted by Crippen LogP contribution is -2.32. The van der Waals surface area contributed by atoms with Crippen molar-refractivity contribution < 1.29 is 0 Å². The summed E-state index contributed by atoms with van der Waals surface area (Å²) in [6.45, 7) is 4.54. The fraction of sp³-hybridized carbons (Fsp3) is 0.750. The maximum absolute atomic E-state index is 4.55. The highest BCUT2D eigenvalue weighted by molar-refractivity contribution is 7.99. The molecule has 2 saturated heterocycles. The molecule has 0 aromatic carbocycles. The van der Waals surface area contributed by atoms with E-state index in [1.807, 2.05) is 11.8 Å². The van der Waals surface area contributed by atoms with Crippen LogP contribution in [0.2, 0.25) is 0 Å². The molecule has 2 aliphatic heterocycles. The lowest BCUT2D eigenvalue weighted by atomic mass is 10.1. The van der Waals surface area contributed by atoms with E-state index in [1.165, 1.54) is 38.5 Å². The highest BCUT2D eigenvalue weighted by Gasteiger charge is 2.20. The SMILES string of the molecule is CSC1CCCCN(c2cc(N3CCCCC3)ncn2)C1. The Balaban J connectivity index is 1.74. The second-order valence-corrected chi connectivity index (χ2v) is 7.22. The zero-order valence-corrected chi connectivity index (χ0v) is 13.8. The van der Waals surface area contributed by atoms with Gasteiger partial charge >= 0.3 is 0 Å². The van der Waals surface area contributed by atoms with Gasteiger partial charge in [-0.05, 0) is 38.4 Å². The van der Waals surface area contributed by atoms with Gasteiger partial charge in [0.1, 0.15) is 18.0 Å². The van der Waals surface area contributed by atoms with Crippen LogP contribution in [0, 0.1) is 0 Å². The maximum Gasteiger partial charge on any atom is 0.134 e. The van der Waals surface area contributed by atoms with E-state index in [1.54, 1.807) is 6.33 Å². The Morgan fingerprint density at radius 3 is 2.38 bits per heavy atom. The van der Waals surface area contributed by atoms with E-state index in [0.29, 0.717) is 0 Å².